The number of nitrogens with one attached hydrogen (secondary N) is 2. The fourth-order valence-electron chi connectivity index (χ4n) is 1.89. The molecule has 1 aliphatic carbocycles. The molecule has 0 saturated carbocycles. The van der Waals surface area contributed by atoms with E-state index < -0.39 is 0 Å². The summed E-state index contributed by atoms with van der Waals surface area (Å²) in [7, 11) is 1.90. The van der Waals surface area contributed by atoms with Crippen molar-refractivity contribution < 1.29 is 0 Å². The Kier molecular flexibility index (Phi) is 7.85. The second-order valence-electron chi connectivity index (χ2n) is 4.20. The summed E-state index contributed by atoms with van der Waals surface area (Å²) in [4.78, 5) is 0. The highest BCUT2D eigenvalue weighted by atomic mass is 15.3. The molecule has 0 aromatic rings. The van der Waals surface area contributed by atoms with Crippen LogP contribution in [0.1, 0.15) is 26.2 Å². The molecule has 0 fully saturated rings. The van der Waals surface area contributed by atoms with Crippen LogP contribution in [0.15, 0.2) is 59.8 Å². The maximum absolute atomic E-state index is 3.12. The number of hydrazine groups is 1. The maximum atomic E-state index is 3.12. The average molecular weight is 244 g/mol. The fraction of sp³-hybridized carbons (Fsp3) is 0.375. The molecule has 0 saturated heterocycles. The normalized spacial score (nSPS) is 25.7. The molecule has 0 spiro atoms. The van der Waals surface area contributed by atoms with Crippen LogP contribution in [-0.2, 0) is 0 Å². The van der Waals surface area contributed by atoms with Gasteiger partial charge in [0.05, 0.1) is 0 Å². The summed E-state index contributed by atoms with van der Waals surface area (Å²) < 4.78 is 0. The SMILES string of the molecule is C/C=C1/C=C\C=C/C=C\C=C/1CCCCNNC. The Morgan fingerprint density at radius 1 is 1.06 bits per heavy atom. The highest BCUT2D eigenvalue weighted by Gasteiger charge is 2.01. The first-order valence-corrected chi connectivity index (χ1v) is 6.65. The van der Waals surface area contributed by atoms with Crippen LogP contribution >= 0.6 is 0 Å². The number of allylic oxidation sites excluding steroid dienone is 10. The van der Waals surface area contributed by atoms with E-state index >= 15 is 0 Å². The molecule has 0 unspecified atom stereocenters. The van der Waals surface area contributed by atoms with Gasteiger partial charge in [-0.05, 0) is 44.4 Å². The minimum atomic E-state index is 1.02. The lowest BCUT2D eigenvalue weighted by molar-refractivity contribution is 0.561. The minimum Gasteiger partial charge on any atom is -0.261 e. The Morgan fingerprint density at radius 3 is 2.61 bits per heavy atom. The first kappa shape index (κ1) is 14.7. The summed E-state index contributed by atoms with van der Waals surface area (Å²) in [6.07, 6.45) is 20.5. The van der Waals surface area contributed by atoms with Gasteiger partial charge in [-0.2, -0.15) is 0 Å². The number of rotatable bonds is 6. The summed E-state index contributed by atoms with van der Waals surface area (Å²) in [6.45, 7) is 3.11. The Morgan fingerprint density at radius 2 is 1.83 bits per heavy atom. The van der Waals surface area contributed by atoms with Crippen molar-refractivity contribution in [2.24, 2.45) is 0 Å². The number of hydrogen-bond donors (Lipinski definition) is 2. The molecule has 0 bridgehead atoms. The molecule has 2 nitrogen and oxygen atoms in total. The average Bonchev–Trinajstić information content (AvgIpc) is 2.50. The van der Waals surface area contributed by atoms with Crippen LogP contribution in [0.2, 0.25) is 0 Å². The molecule has 1 aliphatic rings. The van der Waals surface area contributed by atoms with Crippen LogP contribution in [0.25, 0.3) is 0 Å². The Hall–Kier alpha value is -1.38. The zero-order valence-corrected chi connectivity index (χ0v) is 11.4. The molecule has 0 heterocycles. The third-order valence-corrected chi connectivity index (χ3v) is 2.87. The van der Waals surface area contributed by atoms with Crippen molar-refractivity contribution in [1.29, 1.82) is 0 Å². The van der Waals surface area contributed by atoms with Crippen molar-refractivity contribution >= 4 is 0 Å². The predicted octanol–water partition coefficient (Wildman–Crippen LogP) is 3.44. The van der Waals surface area contributed by atoms with E-state index in [1.807, 2.05) is 7.05 Å². The minimum absolute atomic E-state index is 1.02. The highest BCUT2D eigenvalue weighted by Crippen LogP contribution is 2.19. The summed E-state index contributed by atoms with van der Waals surface area (Å²) >= 11 is 0. The molecule has 2 heteroatoms. The molecule has 1 rings (SSSR count). The Labute approximate surface area is 111 Å². The van der Waals surface area contributed by atoms with Gasteiger partial charge in [-0.25, -0.2) is 0 Å². The molecule has 98 valence electrons. The first-order valence-electron chi connectivity index (χ1n) is 6.65. The van der Waals surface area contributed by atoms with Crippen molar-refractivity contribution in [3.8, 4) is 0 Å². The Bertz CT molecular complexity index is 371. The van der Waals surface area contributed by atoms with Gasteiger partial charge in [0.15, 0.2) is 0 Å². The van der Waals surface area contributed by atoms with Gasteiger partial charge >= 0.3 is 0 Å². The zero-order chi connectivity index (χ0) is 13.1. The molecule has 0 aliphatic heterocycles. The van der Waals surface area contributed by atoms with E-state index in [9.17, 15) is 0 Å². The van der Waals surface area contributed by atoms with Gasteiger partial charge in [-0.15, -0.1) is 0 Å². The summed E-state index contributed by atoms with van der Waals surface area (Å²) in [5, 5.41) is 0. The fourth-order valence-corrected chi connectivity index (χ4v) is 1.89. The second-order valence-corrected chi connectivity index (χ2v) is 4.20. The van der Waals surface area contributed by atoms with Crippen molar-refractivity contribution in [2.45, 2.75) is 26.2 Å². The summed E-state index contributed by atoms with van der Waals surface area (Å²) in [5.41, 5.74) is 8.81. The molecule has 0 amide bonds. The summed E-state index contributed by atoms with van der Waals surface area (Å²) in [6, 6.07) is 0. The van der Waals surface area contributed by atoms with Crippen molar-refractivity contribution in [3.63, 3.8) is 0 Å². The van der Waals surface area contributed by atoms with Crippen LogP contribution in [-0.4, -0.2) is 13.6 Å². The second kappa shape index (κ2) is 9.63. The molecule has 0 radical (unpaired) electrons. The van der Waals surface area contributed by atoms with Crippen LogP contribution in [0, 0.1) is 0 Å². The van der Waals surface area contributed by atoms with Crippen molar-refractivity contribution in [1.82, 2.24) is 10.9 Å². The third kappa shape index (κ3) is 5.80. The van der Waals surface area contributed by atoms with E-state index in [1.54, 1.807) is 0 Å². The lowest BCUT2D eigenvalue weighted by atomic mass is 9.99. The monoisotopic (exact) mass is 244 g/mol. The quantitative estimate of drug-likeness (QED) is 0.552. The van der Waals surface area contributed by atoms with Gasteiger partial charge < -0.3 is 0 Å². The van der Waals surface area contributed by atoms with Gasteiger partial charge in [0.25, 0.3) is 0 Å². The lowest BCUT2D eigenvalue weighted by Gasteiger charge is -2.08. The number of hydrogen-bond acceptors (Lipinski definition) is 2. The largest absolute Gasteiger partial charge is 0.261 e. The van der Waals surface area contributed by atoms with E-state index in [-0.39, 0.29) is 0 Å². The van der Waals surface area contributed by atoms with Crippen molar-refractivity contribution in [3.05, 3.63) is 59.8 Å². The Balaban J connectivity index is 2.54. The van der Waals surface area contributed by atoms with Gasteiger partial charge in [0.2, 0.25) is 0 Å². The van der Waals surface area contributed by atoms with Gasteiger partial charge in [0, 0.05) is 6.54 Å². The topological polar surface area (TPSA) is 24.1 Å². The molecule has 0 atom stereocenters. The van der Waals surface area contributed by atoms with Gasteiger partial charge in [-0.1, -0.05) is 48.6 Å². The van der Waals surface area contributed by atoms with Crippen LogP contribution in [0.3, 0.4) is 0 Å². The molecular weight excluding hydrogens is 220 g/mol. The highest BCUT2D eigenvalue weighted by molar-refractivity contribution is 5.43. The van der Waals surface area contributed by atoms with Gasteiger partial charge in [0.1, 0.15) is 0 Å². The third-order valence-electron chi connectivity index (χ3n) is 2.87. The molecule has 18 heavy (non-hydrogen) atoms. The van der Waals surface area contributed by atoms with E-state index in [2.05, 4.69) is 66.4 Å². The van der Waals surface area contributed by atoms with Crippen LogP contribution in [0.5, 0.6) is 0 Å². The van der Waals surface area contributed by atoms with E-state index in [1.165, 1.54) is 24.0 Å². The van der Waals surface area contributed by atoms with Crippen LogP contribution < -0.4 is 10.9 Å². The van der Waals surface area contributed by atoms with Crippen molar-refractivity contribution in [2.75, 3.05) is 13.6 Å². The zero-order valence-electron chi connectivity index (χ0n) is 11.4. The van der Waals surface area contributed by atoms with E-state index in [0.29, 0.717) is 0 Å². The van der Waals surface area contributed by atoms with Gasteiger partial charge in [-0.3, -0.25) is 10.9 Å². The maximum Gasteiger partial charge on any atom is 0.00997 e. The van der Waals surface area contributed by atoms with Crippen LogP contribution in [0.4, 0.5) is 0 Å². The predicted molar refractivity (Wildman–Crippen MR) is 80.2 cm³/mol. The molecular formula is C16H24N2. The lowest BCUT2D eigenvalue weighted by Crippen LogP contribution is -2.28. The molecule has 0 aromatic carbocycles. The van der Waals surface area contributed by atoms with E-state index in [4.69, 9.17) is 0 Å². The first-order chi connectivity index (χ1) is 8.88. The standard InChI is InChI=1S/C16H24N2/c1-3-15-11-7-5-4-6-8-12-16(15)13-9-10-14-18-17-2/h3-8,11-12,17-18H,9-10,13-14H2,1-2H3/b5-4-,8-6-,11-7-,15-3-,16-12-. The van der Waals surface area contributed by atoms with E-state index in [0.717, 1.165) is 13.0 Å². The molecule has 2 N–H and O–H groups in total. The number of unbranched alkanes of at least 4 members (excludes halogenated alkanes) is 1. The summed E-state index contributed by atoms with van der Waals surface area (Å²) in [5.74, 6) is 0. The molecule has 0 aromatic heterocycles. The smallest absolute Gasteiger partial charge is 0.00997 e.